The van der Waals surface area contributed by atoms with Crippen molar-refractivity contribution < 1.29 is 53.7 Å². The topological polar surface area (TPSA) is 27.7 Å². The molecule has 41 heavy (non-hydrogen) atoms. The van der Waals surface area contributed by atoms with Gasteiger partial charge in [-0.1, -0.05) is 0 Å². The van der Waals surface area contributed by atoms with Crippen LogP contribution in [0.1, 0.15) is 80.9 Å². The molecule has 2 saturated carbocycles. The summed E-state index contributed by atoms with van der Waals surface area (Å²) in [6.07, 6.45) is -13.6. The zero-order chi connectivity index (χ0) is 30.0. The Morgan fingerprint density at radius 2 is 1.22 bits per heavy atom. The molecule has 0 unspecified atom stereocenters. The largest absolute Gasteiger partial charge is 0.494 e. The van der Waals surface area contributed by atoms with Crippen LogP contribution in [0.15, 0.2) is 36.4 Å². The molecule has 2 aliphatic carbocycles. The normalized spacial score (nSPS) is 24.3. The fourth-order valence-corrected chi connectivity index (χ4v) is 5.64. The van der Waals surface area contributed by atoms with E-state index in [2.05, 4.69) is 0 Å². The summed E-state index contributed by atoms with van der Waals surface area (Å²) in [4.78, 5) is 0. The monoisotopic (exact) mass is 598 g/mol. The number of hydrogen-bond donors (Lipinski definition) is 0. The number of benzene rings is 2. The fraction of sp³-hybridized carbons (Fsp3) is 0.586. The smallest absolute Gasteiger partial charge is 0.422 e. The van der Waals surface area contributed by atoms with Crippen molar-refractivity contribution in [2.24, 2.45) is 5.92 Å². The van der Waals surface area contributed by atoms with Gasteiger partial charge in [0.1, 0.15) is 22.9 Å². The van der Waals surface area contributed by atoms with Gasteiger partial charge in [0.05, 0.1) is 30.3 Å². The van der Waals surface area contributed by atoms with Gasteiger partial charge in [0.15, 0.2) is 0 Å². The van der Waals surface area contributed by atoms with Crippen LogP contribution in [-0.4, -0.2) is 24.9 Å². The van der Waals surface area contributed by atoms with Gasteiger partial charge < -0.3 is 14.2 Å². The molecule has 0 aromatic heterocycles. The Bertz CT molecular complexity index is 1130. The molecule has 0 radical (unpaired) electrons. The number of alkyl halides is 7. The van der Waals surface area contributed by atoms with Crippen LogP contribution in [0.2, 0.25) is 0 Å². The molecule has 12 heteroatoms. The molecule has 2 aromatic rings. The Labute approximate surface area is 232 Å². The summed E-state index contributed by atoms with van der Waals surface area (Å²) in [6.45, 7) is 2.15. The highest BCUT2D eigenvalue weighted by molar-refractivity contribution is 5.31. The van der Waals surface area contributed by atoms with E-state index < -0.39 is 59.6 Å². The second kappa shape index (κ2) is 12.4. The van der Waals surface area contributed by atoms with Crippen molar-refractivity contribution in [1.82, 2.24) is 0 Å². The van der Waals surface area contributed by atoms with Gasteiger partial charge in [-0.3, -0.25) is 0 Å². The van der Waals surface area contributed by atoms with E-state index >= 15 is 0 Å². The lowest BCUT2D eigenvalue weighted by Crippen LogP contribution is -2.40. The first-order valence-corrected chi connectivity index (χ1v) is 13.6. The standard InChI is InChI=1S/C29H31F9O3/c1-2-39-21-11-5-19(6-12-21)28(35,36)41-23-13-7-20(8-14-23)29(37,38)40-22-9-3-17(4-10-22)18-15-24(30)26(25(31)16-18)27(32,33)34/h5-6,11-12,15-17,20,22-23H,2-4,7-10,13-14H2,1H3. The van der Waals surface area contributed by atoms with Crippen LogP contribution in [0.25, 0.3) is 0 Å². The van der Waals surface area contributed by atoms with E-state index in [4.69, 9.17) is 14.2 Å². The number of rotatable bonds is 9. The van der Waals surface area contributed by atoms with E-state index in [1.807, 2.05) is 0 Å². The SMILES string of the molecule is CCOc1ccc(C(F)(F)OC2CCC(C(F)(F)OC3CCC(c4cc(F)c(C(F)(F)F)c(F)c4)CC3)CC2)cc1. The van der Waals surface area contributed by atoms with Crippen LogP contribution in [0.5, 0.6) is 5.75 Å². The second-order valence-electron chi connectivity index (χ2n) is 10.6. The number of ether oxygens (including phenoxy) is 3. The summed E-state index contributed by atoms with van der Waals surface area (Å²) in [7, 11) is 0. The van der Waals surface area contributed by atoms with E-state index in [-0.39, 0.29) is 62.5 Å². The molecule has 0 spiro atoms. The summed E-state index contributed by atoms with van der Waals surface area (Å²) >= 11 is 0. The number of hydrogen-bond acceptors (Lipinski definition) is 3. The molecular weight excluding hydrogens is 567 g/mol. The van der Waals surface area contributed by atoms with Crippen molar-refractivity contribution in [3.05, 3.63) is 64.7 Å². The number of halogens is 9. The first-order chi connectivity index (χ1) is 19.2. The molecule has 228 valence electrons. The minimum Gasteiger partial charge on any atom is -0.494 e. The van der Waals surface area contributed by atoms with Gasteiger partial charge in [-0.2, -0.15) is 30.7 Å². The second-order valence-corrected chi connectivity index (χ2v) is 10.6. The zero-order valence-electron chi connectivity index (χ0n) is 22.3. The first kappa shape index (κ1) is 31.5. The van der Waals surface area contributed by atoms with Gasteiger partial charge in [0.25, 0.3) is 0 Å². The van der Waals surface area contributed by atoms with Crippen molar-refractivity contribution in [3.63, 3.8) is 0 Å². The van der Waals surface area contributed by atoms with Crippen molar-refractivity contribution in [3.8, 4) is 5.75 Å². The maximum atomic E-state index is 15.0. The third-order valence-electron chi connectivity index (χ3n) is 7.78. The fourth-order valence-electron chi connectivity index (χ4n) is 5.64. The molecule has 2 aromatic carbocycles. The van der Waals surface area contributed by atoms with Gasteiger partial charge in [-0.25, -0.2) is 8.78 Å². The van der Waals surface area contributed by atoms with Crippen molar-refractivity contribution >= 4 is 0 Å². The van der Waals surface area contributed by atoms with Gasteiger partial charge >= 0.3 is 18.4 Å². The van der Waals surface area contributed by atoms with Gasteiger partial charge in [0, 0.05) is 0 Å². The average molecular weight is 599 g/mol. The van der Waals surface area contributed by atoms with E-state index in [9.17, 15) is 39.5 Å². The lowest BCUT2D eigenvalue weighted by atomic mass is 9.82. The summed E-state index contributed by atoms with van der Waals surface area (Å²) in [5, 5.41) is 0. The van der Waals surface area contributed by atoms with Crippen LogP contribution in [0, 0.1) is 17.6 Å². The van der Waals surface area contributed by atoms with Gasteiger partial charge in [-0.05, 0) is 106 Å². The molecule has 0 N–H and O–H groups in total. The van der Waals surface area contributed by atoms with Crippen LogP contribution in [0.3, 0.4) is 0 Å². The lowest BCUT2D eigenvalue weighted by Gasteiger charge is -2.37. The minimum absolute atomic E-state index is 0.00593. The Hall–Kier alpha value is -2.47. The van der Waals surface area contributed by atoms with E-state index in [0.717, 1.165) is 0 Å². The molecule has 4 rings (SSSR count). The van der Waals surface area contributed by atoms with Crippen LogP contribution < -0.4 is 4.74 Å². The maximum Gasteiger partial charge on any atom is 0.422 e. The summed E-state index contributed by atoms with van der Waals surface area (Å²) < 4.78 is 141. The molecule has 3 nitrogen and oxygen atoms in total. The summed E-state index contributed by atoms with van der Waals surface area (Å²) in [6, 6.07) is 6.48. The van der Waals surface area contributed by atoms with E-state index in [0.29, 0.717) is 24.5 Å². The average Bonchev–Trinajstić information content (AvgIpc) is 2.88. The zero-order valence-corrected chi connectivity index (χ0v) is 22.3. The maximum absolute atomic E-state index is 15.0. The van der Waals surface area contributed by atoms with Crippen molar-refractivity contribution in [1.29, 1.82) is 0 Å². The highest BCUT2D eigenvalue weighted by Crippen LogP contribution is 2.44. The molecule has 0 saturated heterocycles. The molecule has 2 fully saturated rings. The predicted octanol–water partition coefficient (Wildman–Crippen LogP) is 9.34. The van der Waals surface area contributed by atoms with Crippen LogP contribution in [0.4, 0.5) is 39.5 Å². The van der Waals surface area contributed by atoms with Gasteiger partial charge in [-0.15, -0.1) is 0 Å². The Balaban J connectivity index is 1.26. The Morgan fingerprint density at radius 1 is 0.707 bits per heavy atom. The Morgan fingerprint density at radius 3 is 1.73 bits per heavy atom. The summed E-state index contributed by atoms with van der Waals surface area (Å²) in [5.41, 5.74) is -2.29. The molecule has 0 atom stereocenters. The highest BCUT2D eigenvalue weighted by atomic mass is 19.4. The van der Waals surface area contributed by atoms with Crippen LogP contribution >= 0.6 is 0 Å². The molecule has 0 heterocycles. The van der Waals surface area contributed by atoms with Gasteiger partial charge in [0.2, 0.25) is 0 Å². The predicted molar refractivity (Wildman–Crippen MR) is 131 cm³/mol. The third-order valence-corrected chi connectivity index (χ3v) is 7.78. The highest BCUT2D eigenvalue weighted by Gasteiger charge is 2.47. The lowest BCUT2D eigenvalue weighted by molar-refractivity contribution is -0.311. The molecule has 0 amide bonds. The van der Waals surface area contributed by atoms with E-state index in [1.165, 1.54) is 24.3 Å². The minimum atomic E-state index is -5.17. The summed E-state index contributed by atoms with van der Waals surface area (Å²) in [5.74, 6) is -4.69. The van der Waals surface area contributed by atoms with Crippen molar-refractivity contribution in [2.75, 3.05) is 6.61 Å². The molecule has 0 bridgehead atoms. The molecule has 2 aliphatic rings. The van der Waals surface area contributed by atoms with Crippen LogP contribution in [-0.2, 0) is 21.8 Å². The van der Waals surface area contributed by atoms with Crippen molar-refractivity contribution in [2.45, 2.75) is 94.8 Å². The molecular formula is C29H31F9O3. The quantitative estimate of drug-likeness (QED) is 0.269. The first-order valence-electron chi connectivity index (χ1n) is 13.6. The third kappa shape index (κ3) is 7.68. The van der Waals surface area contributed by atoms with E-state index in [1.54, 1.807) is 6.92 Å². The Kier molecular flexibility index (Phi) is 9.52. The molecule has 0 aliphatic heterocycles.